The average molecular weight is 210 g/mol. The van der Waals surface area contributed by atoms with Crippen LogP contribution in [0.3, 0.4) is 0 Å². The Morgan fingerprint density at radius 1 is 1.27 bits per heavy atom. The van der Waals surface area contributed by atoms with E-state index in [1.807, 2.05) is 4.90 Å². The zero-order valence-electron chi connectivity index (χ0n) is 9.67. The first kappa shape index (κ1) is 10.9. The second-order valence-corrected chi connectivity index (χ2v) is 5.14. The van der Waals surface area contributed by atoms with Gasteiger partial charge in [0.2, 0.25) is 5.91 Å². The van der Waals surface area contributed by atoms with Crippen molar-refractivity contribution >= 4 is 5.91 Å². The van der Waals surface area contributed by atoms with Gasteiger partial charge in [0, 0.05) is 13.1 Å². The predicted molar refractivity (Wildman–Crippen MR) is 60.6 cm³/mol. The molecule has 0 unspecified atom stereocenters. The minimum atomic E-state index is 0.294. The van der Waals surface area contributed by atoms with Gasteiger partial charge in [-0.3, -0.25) is 4.79 Å². The highest BCUT2D eigenvalue weighted by atomic mass is 16.2. The Kier molecular flexibility index (Phi) is 3.62. The number of hydrogen-bond acceptors (Lipinski definition) is 2. The molecule has 0 atom stereocenters. The van der Waals surface area contributed by atoms with E-state index in [9.17, 15) is 4.79 Å². The topological polar surface area (TPSA) is 32.3 Å². The minimum Gasteiger partial charge on any atom is -0.342 e. The zero-order chi connectivity index (χ0) is 10.7. The number of amides is 1. The molecular formula is C12H22N2O. The molecular weight excluding hydrogens is 188 g/mol. The third kappa shape index (κ3) is 3.49. The van der Waals surface area contributed by atoms with Crippen molar-refractivity contribution in [2.75, 3.05) is 26.2 Å². The molecule has 2 rings (SSSR count). The van der Waals surface area contributed by atoms with Crippen LogP contribution in [0, 0.1) is 11.8 Å². The number of nitrogens with zero attached hydrogens (tertiary/aromatic N) is 1. The van der Waals surface area contributed by atoms with Gasteiger partial charge in [0.1, 0.15) is 0 Å². The molecule has 1 heterocycles. The SMILES string of the molecule is CC1CCN(C(=O)CNCC2CC2)CC1. The Bertz CT molecular complexity index is 218. The fourth-order valence-corrected chi connectivity index (χ4v) is 2.07. The Morgan fingerprint density at radius 2 is 1.93 bits per heavy atom. The molecule has 1 aliphatic carbocycles. The van der Waals surface area contributed by atoms with E-state index in [4.69, 9.17) is 0 Å². The largest absolute Gasteiger partial charge is 0.342 e. The van der Waals surface area contributed by atoms with E-state index in [-0.39, 0.29) is 0 Å². The highest BCUT2D eigenvalue weighted by molar-refractivity contribution is 5.78. The van der Waals surface area contributed by atoms with Gasteiger partial charge >= 0.3 is 0 Å². The molecule has 2 aliphatic rings. The van der Waals surface area contributed by atoms with Crippen LogP contribution < -0.4 is 5.32 Å². The van der Waals surface area contributed by atoms with Crippen LogP contribution in [0.1, 0.15) is 32.6 Å². The van der Waals surface area contributed by atoms with Gasteiger partial charge < -0.3 is 10.2 Å². The van der Waals surface area contributed by atoms with Gasteiger partial charge in [-0.05, 0) is 44.1 Å². The lowest BCUT2D eigenvalue weighted by atomic mass is 9.99. The maximum absolute atomic E-state index is 11.8. The van der Waals surface area contributed by atoms with Gasteiger partial charge in [-0.1, -0.05) is 6.92 Å². The molecule has 1 amide bonds. The third-order valence-electron chi connectivity index (χ3n) is 3.54. The molecule has 1 N–H and O–H groups in total. The first-order chi connectivity index (χ1) is 7.25. The summed E-state index contributed by atoms with van der Waals surface area (Å²) in [4.78, 5) is 13.8. The zero-order valence-corrected chi connectivity index (χ0v) is 9.67. The van der Waals surface area contributed by atoms with Crippen LogP contribution in [0.25, 0.3) is 0 Å². The van der Waals surface area contributed by atoms with Crippen molar-refractivity contribution in [2.45, 2.75) is 32.6 Å². The van der Waals surface area contributed by atoms with Crippen molar-refractivity contribution in [3.05, 3.63) is 0 Å². The van der Waals surface area contributed by atoms with Gasteiger partial charge in [0.25, 0.3) is 0 Å². The van der Waals surface area contributed by atoms with Crippen molar-refractivity contribution in [3.8, 4) is 0 Å². The Balaban J connectivity index is 1.61. The number of carbonyl (C=O) groups excluding carboxylic acids is 1. The van der Waals surface area contributed by atoms with Crippen LogP contribution in [-0.2, 0) is 4.79 Å². The second kappa shape index (κ2) is 4.97. The first-order valence-electron chi connectivity index (χ1n) is 6.24. The van der Waals surface area contributed by atoms with E-state index in [1.54, 1.807) is 0 Å². The van der Waals surface area contributed by atoms with Crippen molar-refractivity contribution in [1.29, 1.82) is 0 Å². The number of hydrogen-bond donors (Lipinski definition) is 1. The minimum absolute atomic E-state index is 0.294. The normalized spacial score (nSPS) is 23.1. The molecule has 1 saturated carbocycles. The summed E-state index contributed by atoms with van der Waals surface area (Å²) in [5, 5.41) is 3.26. The van der Waals surface area contributed by atoms with Crippen molar-refractivity contribution < 1.29 is 4.79 Å². The first-order valence-corrected chi connectivity index (χ1v) is 6.24. The summed E-state index contributed by atoms with van der Waals surface area (Å²) >= 11 is 0. The summed E-state index contributed by atoms with van der Waals surface area (Å²) in [7, 11) is 0. The monoisotopic (exact) mass is 210 g/mol. The summed E-state index contributed by atoms with van der Waals surface area (Å²) in [6.07, 6.45) is 5.05. The second-order valence-electron chi connectivity index (χ2n) is 5.14. The van der Waals surface area contributed by atoms with E-state index in [1.165, 1.54) is 25.7 Å². The summed E-state index contributed by atoms with van der Waals surface area (Å²) in [6, 6.07) is 0. The van der Waals surface area contributed by atoms with E-state index in [2.05, 4.69) is 12.2 Å². The maximum Gasteiger partial charge on any atom is 0.236 e. The Labute approximate surface area is 92.2 Å². The van der Waals surface area contributed by atoms with Crippen LogP contribution in [-0.4, -0.2) is 37.0 Å². The average Bonchev–Trinajstić information content (AvgIpc) is 3.02. The summed E-state index contributed by atoms with van der Waals surface area (Å²) < 4.78 is 0. The third-order valence-corrected chi connectivity index (χ3v) is 3.54. The summed E-state index contributed by atoms with van der Waals surface area (Å²) in [5.41, 5.74) is 0. The predicted octanol–water partition coefficient (Wildman–Crippen LogP) is 1.24. The van der Waals surface area contributed by atoms with Crippen LogP contribution in [0.15, 0.2) is 0 Å². The smallest absolute Gasteiger partial charge is 0.236 e. The fourth-order valence-electron chi connectivity index (χ4n) is 2.07. The number of likely N-dealkylation sites (tertiary alicyclic amines) is 1. The van der Waals surface area contributed by atoms with E-state index in [0.29, 0.717) is 12.5 Å². The van der Waals surface area contributed by atoms with Gasteiger partial charge in [0.05, 0.1) is 6.54 Å². The number of nitrogens with one attached hydrogen (secondary N) is 1. The molecule has 0 radical (unpaired) electrons. The van der Waals surface area contributed by atoms with Crippen molar-refractivity contribution in [2.24, 2.45) is 11.8 Å². The molecule has 1 aliphatic heterocycles. The van der Waals surface area contributed by atoms with Crippen LogP contribution in [0.4, 0.5) is 0 Å². The molecule has 0 bridgehead atoms. The standard InChI is InChI=1S/C12H22N2O/c1-10-4-6-14(7-5-10)12(15)9-13-8-11-2-3-11/h10-11,13H,2-9H2,1H3. The van der Waals surface area contributed by atoms with E-state index in [0.717, 1.165) is 31.5 Å². The lowest BCUT2D eigenvalue weighted by Crippen LogP contribution is -2.42. The van der Waals surface area contributed by atoms with E-state index < -0.39 is 0 Å². The fraction of sp³-hybridized carbons (Fsp3) is 0.917. The number of piperidine rings is 1. The van der Waals surface area contributed by atoms with Gasteiger partial charge in [-0.25, -0.2) is 0 Å². The molecule has 2 fully saturated rings. The maximum atomic E-state index is 11.8. The lowest BCUT2D eigenvalue weighted by Gasteiger charge is -2.30. The molecule has 0 aromatic carbocycles. The molecule has 0 aromatic heterocycles. The Hall–Kier alpha value is -0.570. The number of carbonyl (C=O) groups is 1. The number of rotatable bonds is 4. The summed E-state index contributed by atoms with van der Waals surface area (Å²) in [6.45, 7) is 5.78. The van der Waals surface area contributed by atoms with Gasteiger partial charge in [-0.2, -0.15) is 0 Å². The summed E-state index contributed by atoms with van der Waals surface area (Å²) in [5.74, 6) is 1.95. The Morgan fingerprint density at radius 3 is 2.53 bits per heavy atom. The van der Waals surface area contributed by atoms with Crippen molar-refractivity contribution in [1.82, 2.24) is 10.2 Å². The highest BCUT2D eigenvalue weighted by Gasteiger charge is 2.22. The molecule has 0 spiro atoms. The molecule has 3 nitrogen and oxygen atoms in total. The van der Waals surface area contributed by atoms with Gasteiger partial charge in [-0.15, -0.1) is 0 Å². The lowest BCUT2D eigenvalue weighted by molar-refractivity contribution is -0.131. The highest BCUT2D eigenvalue weighted by Crippen LogP contribution is 2.27. The molecule has 1 saturated heterocycles. The quantitative estimate of drug-likeness (QED) is 0.757. The molecule has 3 heteroatoms. The van der Waals surface area contributed by atoms with Crippen LogP contribution in [0.5, 0.6) is 0 Å². The van der Waals surface area contributed by atoms with Crippen molar-refractivity contribution in [3.63, 3.8) is 0 Å². The van der Waals surface area contributed by atoms with Gasteiger partial charge in [0.15, 0.2) is 0 Å². The molecule has 15 heavy (non-hydrogen) atoms. The van der Waals surface area contributed by atoms with Crippen LogP contribution in [0.2, 0.25) is 0 Å². The molecule has 86 valence electrons. The van der Waals surface area contributed by atoms with E-state index >= 15 is 0 Å². The van der Waals surface area contributed by atoms with Crippen LogP contribution >= 0.6 is 0 Å². The molecule has 0 aromatic rings.